The monoisotopic (exact) mass is 338 g/mol. The van der Waals surface area contributed by atoms with Crippen molar-refractivity contribution >= 4 is 23.3 Å². The number of hydrogen-bond donors (Lipinski definition) is 0. The van der Waals surface area contributed by atoms with Gasteiger partial charge in [0.1, 0.15) is 0 Å². The van der Waals surface area contributed by atoms with E-state index in [0.29, 0.717) is 0 Å². The first-order valence-electron chi connectivity index (χ1n) is 9.42. The Balaban J connectivity index is 1.87. The average molecular weight is 338 g/mol. The zero-order valence-corrected chi connectivity index (χ0v) is 15.7. The topological polar surface area (TPSA) is 0 Å². The van der Waals surface area contributed by atoms with Crippen LogP contribution in [0.4, 0.5) is 0 Å². The summed E-state index contributed by atoms with van der Waals surface area (Å²) in [7, 11) is 0. The third kappa shape index (κ3) is 4.61. The highest BCUT2D eigenvalue weighted by Crippen LogP contribution is 2.26. The van der Waals surface area contributed by atoms with E-state index in [9.17, 15) is 0 Å². The van der Waals surface area contributed by atoms with E-state index < -0.39 is 0 Å². The molecule has 0 aliphatic rings. The lowest BCUT2D eigenvalue weighted by molar-refractivity contribution is 1.23. The van der Waals surface area contributed by atoms with Crippen molar-refractivity contribution in [3.8, 4) is 0 Å². The van der Waals surface area contributed by atoms with Gasteiger partial charge < -0.3 is 0 Å². The van der Waals surface area contributed by atoms with Crippen molar-refractivity contribution in [3.05, 3.63) is 107 Å². The van der Waals surface area contributed by atoms with Crippen LogP contribution in [0.25, 0.3) is 23.3 Å². The summed E-state index contributed by atoms with van der Waals surface area (Å²) in [6, 6.07) is 30.1. The highest BCUT2D eigenvalue weighted by molar-refractivity contribution is 5.84. The van der Waals surface area contributed by atoms with Gasteiger partial charge in [0.05, 0.1) is 0 Å². The minimum absolute atomic E-state index is 1.02. The Morgan fingerprint density at radius 2 is 0.885 bits per heavy atom. The summed E-state index contributed by atoms with van der Waals surface area (Å²) in [6.45, 7) is 4.44. The van der Waals surface area contributed by atoms with E-state index in [1.165, 1.54) is 33.4 Å². The summed E-state index contributed by atoms with van der Waals surface area (Å²) in [4.78, 5) is 0. The van der Waals surface area contributed by atoms with Crippen LogP contribution >= 0.6 is 0 Å². The van der Waals surface area contributed by atoms with Gasteiger partial charge in [-0.05, 0) is 46.2 Å². The fraction of sp³-hybridized carbons (Fsp3) is 0.154. The normalized spacial score (nSPS) is 12.2. The molecule has 0 aliphatic heterocycles. The van der Waals surface area contributed by atoms with Gasteiger partial charge in [-0.25, -0.2) is 0 Å². The summed E-state index contributed by atoms with van der Waals surface area (Å²) in [5, 5.41) is 0. The van der Waals surface area contributed by atoms with Crippen LogP contribution in [0.15, 0.2) is 84.9 Å². The molecule has 0 amide bonds. The second-order valence-electron chi connectivity index (χ2n) is 6.44. The van der Waals surface area contributed by atoms with E-state index in [4.69, 9.17) is 0 Å². The van der Waals surface area contributed by atoms with Crippen LogP contribution < -0.4 is 0 Å². The van der Waals surface area contributed by atoms with Gasteiger partial charge in [0, 0.05) is 0 Å². The Kier molecular flexibility index (Phi) is 6.22. The van der Waals surface area contributed by atoms with Crippen LogP contribution in [-0.2, 0) is 0 Å². The molecule has 0 saturated heterocycles. The molecule has 3 aromatic carbocycles. The molecule has 0 aliphatic carbocycles. The molecular formula is C26H26. The van der Waals surface area contributed by atoms with Crippen LogP contribution in [0.2, 0.25) is 0 Å². The molecule has 26 heavy (non-hydrogen) atoms. The van der Waals surface area contributed by atoms with Crippen molar-refractivity contribution in [2.45, 2.75) is 26.7 Å². The molecule has 0 N–H and O–H groups in total. The molecule has 0 heteroatoms. The largest absolute Gasteiger partial charge is 0.0622 e. The smallest absolute Gasteiger partial charge is 0.0224 e. The maximum Gasteiger partial charge on any atom is -0.0224 e. The fourth-order valence-corrected chi connectivity index (χ4v) is 3.18. The molecule has 0 fully saturated rings. The maximum atomic E-state index is 2.29. The molecule has 0 atom stereocenters. The van der Waals surface area contributed by atoms with Crippen LogP contribution in [0, 0.1) is 0 Å². The Morgan fingerprint density at radius 3 is 1.19 bits per heavy atom. The molecule has 0 spiro atoms. The quantitative estimate of drug-likeness (QED) is 0.406. The Labute approximate surface area is 157 Å². The van der Waals surface area contributed by atoms with Crippen molar-refractivity contribution in [1.82, 2.24) is 0 Å². The minimum atomic E-state index is 1.02. The Bertz CT molecular complexity index is 790. The molecule has 0 heterocycles. The van der Waals surface area contributed by atoms with Crippen molar-refractivity contribution in [2.75, 3.05) is 0 Å². The van der Waals surface area contributed by atoms with Crippen LogP contribution in [0.1, 0.15) is 48.9 Å². The lowest BCUT2D eigenvalue weighted by Gasteiger charge is -2.10. The first kappa shape index (κ1) is 17.9. The standard InChI is InChI=1S/C26H26/c1-3-23(19-21-11-7-5-8-12-21)25-15-17-26(18-16-25)24(4-2)20-22-13-9-6-10-14-22/h5-20H,3-4H2,1-2H3. The van der Waals surface area contributed by atoms with Gasteiger partial charge in [0.2, 0.25) is 0 Å². The molecule has 0 radical (unpaired) electrons. The summed E-state index contributed by atoms with van der Waals surface area (Å²) in [5.74, 6) is 0. The van der Waals surface area contributed by atoms with E-state index in [-0.39, 0.29) is 0 Å². The minimum Gasteiger partial charge on any atom is -0.0622 e. The molecule has 3 rings (SSSR count). The van der Waals surface area contributed by atoms with Crippen LogP contribution in [0.5, 0.6) is 0 Å². The van der Waals surface area contributed by atoms with E-state index >= 15 is 0 Å². The second-order valence-corrected chi connectivity index (χ2v) is 6.44. The highest BCUT2D eigenvalue weighted by atomic mass is 14.1. The summed E-state index contributed by atoms with van der Waals surface area (Å²) < 4.78 is 0. The molecule has 3 aromatic rings. The van der Waals surface area contributed by atoms with Crippen molar-refractivity contribution < 1.29 is 0 Å². The second kappa shape index (κ2) is 9.01. The van der Waals surface area contributed by atoms with E-state index in [0.717, 1.165) is 12.8 Å². The fourth-order valence-electron chi connectivity index (χ4n) is 3.18. The SMILES string of the molecule is CCC(=Cc1ccccc1)c1ccc(C(=Cc2ccccc2)CC)cc1. The first-order valence-corrected chi connectivity index (χ1v) is 9.42. The molecule has 0 nitrogen and oxygen atoms in total. The highest BCUT2D eigenvalue weighted by Gasteiger charge is 2.03. The molecule has 0 unspecified atom stereocenters. The van der Waals surface area contributed by atoms with Gasteiger partial charge in [0.15, 0.2) is 0 Å². The number of hydrogen-bond acceptors (Lipinski definition) is 0. The van der Waals surface area contributed by atoms with Gasteiger partial charge in [-0.2, -0.15) is 0 Å². The maximum absolute atomic E-state index is 2.29. The zero-order valence-electron chi connectivity index (χ0n) is 15.7. The van der Waals surface area contributed by atoms with Gasteiger partial charge in [-0.3, -0.25) is 0 Å². The summed E-state index contributed by atoms with van der Waals surface area (Å²) in [6.07, 6.45) is 6.62. The van der Waals surface area contributed by atoms with E-state index in [2.05, 4.69) is 111 Å². The average Bonchev–Trinajstić information content (AvgIpc) is 2.72. The number of benzene rings is 3. The van der Waals surface area contributed by atoms with E-state index in [1.807, 2.05) is 0 Å². The van der Waals surface area contributed by atoms with Gasteiger partial charge >= 0.3 is 0 Å². The summed E-state index contributed by atoms with van der Waals surface area (Å²) in [5.41, 5.74) is 7.85. The van der Waals surface area contributed by atoms with Crippen LogP contribution in [0.3, 0.4) is 0 Å². The third-order valence-corrected chi connectivity index (χ3v) is 4.67. The Hall–Kier alpha value is -2.86. The van der Waals surface area contributed by atoms with Crippen molar-refractivity contribution in [1.29, 1.82) is 0 Å². The lowest BCUT2D eigenvalue weighted by Crippen LogP contribution is -1.87. The van der Waals surface area contributed by atoms with Gasteiger partial charge in [-0.15, -0.1) is 0 Å². The number of allylic oxidation sites excluding steroid dienone is 2. The molecule has 130 valence electrons. The van der Waals surface area contributed by atoms with E-state index in [1.54, 1.807) is 0 Å². The molecule has 0 saturated carbocycles. The van der Waals surface area contributed by atoms with Crippen molar-refractivity contribution in [3.63, 3.8) is 0 Å². The van der Waals surface area contributed by atoms with Gasteiger partial charge in [0.25, 0.3) is 0 Å². The molecule has 0 bridgehead atoms. The van der Waals surface area contributed by atoms with Gasteiger partial charge in [-0.1, -0.05) is 111 Å². The predicted molar refractivity (Wildman–Crippen MR) is 116 cm³/mol. The molecular weight excluding hydrogens is 312 g/mol. The Morgan fingerprint density at radius 1 is 0.538 bits per heavy atom. The first-order chi connectivity index (χ1) is 12.8. The number of rotatable bonds is 6. The molecule has 0 aromatic heterocycles. The summed E-state index contributed by atoms with van der Waals surface area (Å²) >= 11 is 0. The predicted octanol–water partition coefficient (Wildman–Crippen LogP) is 7.59. The van der Waals surface area contributed by atoms with Crippen LogP contribution in [-0.4, -0.2) is 0 Å². The van der Waals surface area contributed by atoms with Crippen molar-refractivity contribution in [2.24, 2.45) is 0 Å². The lowest BCUT2D eigenvalue weighted by atomic mass is 9.95. The zero-order chi connectivity index (χ0) is 18.2. The third-order valence-electron chi connectivity index (χ3n) is 4.67.